The van der Waals surface area contributed by atoms with E-state index in [1.807, 2.05) is 37.3 Å². The van der Waals surface area contributed by atoms with Gasteiger partial charge in [0, 0.05) is 11.6 Å². The topological polar surface area (TPSA) is 32.3 Å². The lowest BCUT2D eigenvalue weighted by atomic mass is 10.2. The first-order chi connectivity index (χ1) is 7.36. The van der Waals surface area contributed by atoms with Crippen molar-refractivity contribution in [3.8, 4) is 11.8 Å². The number of hydrogen-bond acceptors (Lipinski definition) is 2. The smallest absolute Gasteiger partial charge is 0.0584 e. The predicted molar refractivity (Wildman–Crippen MR) is 62.5 cm³/mol. The molecular formula is C13H17NO. The summed E-state index contributed by atoms with van der Waals surface area (Å²) >= 11 is 0. The van der Waals surface area contributed by atoms with Gasteiger partial charge in [0.25, 0.3) is 0 Å². The molecule has 2 N–H and O–H groups in total. The fourth-order valence-electron chi connectivity index (χ4n) is 1.20. The second-order valence-electron chi connectivity index (χ2n) is 3.34. The van der Waals surface area contributed by atoms with Gasteiger partial charge in [0.1, 0.15) is 0 Å². The molecule has 80 valence electrons. The van der Waals surface area contributed by atoms with Crippen LogP contribution in [0.4, 0.5) is 0 Å². The SMILES string of the molecule is CC[C@@H](CO)NCC#Cc1ccccc1. The van der Waals surface area contributed by atoms with Gasteiger partial charge in [-0.3, -0.25) is 0 Å². The summed E-state index contributed by atoms with van der Waals surface area (Å²) in [6, 6.07) is 10.0. The molecule has 0 aromatic heterocycles. The summed E-state index contributed by atoms with van der Waals surface area (Å²) < 4.78 is 0. The van der Waals surface area contributed by atoms with Crippen LogP contribution in [-0.2, 0) is 0 Å². The van der Waals surface area contributed by atoms with Crippen LogP contribution in [0.5, 0.6) is 0 Å². The molecule has 15 heavy (non-hydrogen) atoms. The van der Waals surface area contributed by atoms with Crippen LogP contribution in [0, 0.1) is 11.8 Å². The standard InChI is InChI=1S/C13H17NO/c1-2-13(11-15)14-10-6-9-12-7-4-3-5-8-12/h3-5,7-8,13-15H,2,10-11H2,1H3/t13-/m0/s1. The van der Waals surface area contributed by atoms with E-state index in [1.165, 1.54) is 0 Å². The molecule has 0 unspecified atom stereocenters. The number of nitrogens with one attached hydrogen (secondary N) is 1. The summed E-state index contributed by atoms with van der Waals surface area (Å²) in [6.07, 6.45) is 0.920. The highest BCUT2D eigenvalue weighted by Gasteiger charge is 1.99. The second-order valence-corrected chi connectivity index (χ2v) is 3.34. The van der Waals surface area contributed by atoms with Gasteiger partial charge in [0.2, 0.25) is 0 Å². The minimum Gasteiger partial charge on any atom is -0.395 e. The van der Waals surface area contributed by atoms with Crippen molar-refractivity contribution >= 4 is 0 Å². The Bertz CT molecular complexity index is 319. The summed E-state index contributed by atoms with van der Waals surface area (Å²) in [5, 5.41) is 12.1. The number of aliphatic hydroxyl groups excluding tert-OH is 1. The first-order valence-electron chi connectivity index (χ1n) is 5.25. The highest BCUT2D eigenvalue weighted by molar-refractivity contribution is 5.33. The lowest BCUT2D eigenvalue weighted by Crippen LogP contribution is -2.31. The van der Waals surface area contributed by atoms with E-state index in [0.29, 0.717) is 6.54 Å². The van der Waals surface area contributed by atoms with Gasteiger partial charge < -0.3 is 10.4 Å². The number of benzene rings is 1. The van der Waals surface area contributed by atoms with E-state index in [4.69, 9.17) is 5.11 Å². The van der Waals surface area contributed by atoms with Crippen LogP contribution in [0.25, 0.3) is 0 Å². The average molecular weight is 203 g/mol. The molecule has 2 heteroatoms. The molecule has 0 aliphatic carbocycles. The lowest BCUT2D eigenvalue weighted by molar-refractivity contribution is 0.243. The molecule has 1 aromatic carbocycles. The van der Waals surface area contributed by atoms with Crippen molar-refractivity contribution in [3.63, 3.8) is 0 Å². The van der Waals surface area contributed by atoms with Gasteiger partial charge in [-0.15, -0.1) is 0 Å². The molecule has 0 spiro atoms. The highest BCUT2D eigenvalue weighted by Crippen LogP contribution is 1.94. The minimum absolute atomic E-state index is 0.162. The van der Waals surface area contributed by atoms with E-state index in [2.05, 4.69) is 17.2 Å². The number of aliphatic hydroxyl groups is 1. The third-order valence-electron chi connectivity index (χ3n) is 2.20. The van der Waals surface area contributed by atoms with E-state index in [9.17, 15) is 0 Å². The van der Waals surface area contributed by atoms with E-state index in [1.54, 1.807) is 0 Å². The molecule has 1 aromatic rings. The molecule has 0 amide bonds. The van der Waals surface area contributed by atoms with Crippen molar-refractivity contribution < 1.29 is 5.11 Å². The number of rotatable bonds is 4. The molecule has 1 rings (SSSR count). The third-order valence-corrected chi connectivity index (χ3v) is 2.20. The molecule has 0 bridgehead atoms. The van der Waals surface area contributed by atoms with Crippen LogP contribution in [0.3, 0.4) is 0 Å². The third kappa shape index (κ3) is 4.64. The van der Waals surface area contributed by atoms with Crippen molar-refractivity contribution in [2.45, 2.75) is 19.4 Å². The molecule has 0 radical (unpaired) electrons. The van der Waals surface area contributed by atoms with Crippen LogP contribution in [0.15, 0.2) is 30.3 Å². The Morgan fingerprint density at radius 3 is 2.67 bits per heavy atom. The Morgan fingerprint density at radius 2 is 2.07 bits per heavy atom. The van der Waals surface area contributed by atoms with Crippen molar-refractivity contribution in [1.82, 2.24) is 5.32 Å². The monoisotopic (exact) mass is 203 g/mol. The fourth-order valence-corrected chi connectivity index (χ4v) is 1.20. The van der Waals surface area contributed by atoms with Crippen molar-refractivity contribution in [2.75, 3.05) is 13.2 Å². The molecular weight excluding hydrogens is 186 g/mol. The van der Waals surface area contributed by atoms with Gasteiger partial charge in [0.15, 0.2) is 0 Å². The Labute approximate surface area is 91.3 Å². The Morgan fingerprint density at radius 1 is 1.33 bits per heavy atom. The molecule has 0 saturated carbocycles. The second kappa shape index (κ2) is 7.05. The summed E-state index contributed by atoms with van der Waals surface area (Å²) in [5.41, 5.74) is 1.02. The maximum absolute atomic E-state index is 8.93. The molecule has 1 atom stereocenters. The van der Waals surface area contributed by atoms with E-state index in [0.717, 1.165) is 12.0 Å². The first-order valence-corrected chi connectivity index (χ1v) is 5.25. The minimum atomic E-state index is 0.162. The quantitative estimate of drug-likeness (QED) is 0.725. The van der Waals surface area contributed by atoms with E-state index in [-0.39, 0.29) is 12.6 Å². The van der Waals surface area contributed by atoms with Gasteiger partial charge in [-0.1, -0.05) is 37.0 Å². The highest BCUT2D eigenvalue weighted by atomic mass is 16.3. The van der Waals surface area contributed by atoms with Crippen LogP contribution in [-0.4, -0.2) is 24.3 Å². The van der Waals surface area contributed by atoms with E-state index >= 15 is 0 Å². The van der Waals surface area contributed by atoms with Gasteiger partial charge in [-0.25, -0.2) is 0 Å². The average Bonchev–Trinajstić information content (AvgIpc) is 2.31. The molecule has 0 fully saturated rings. The summed E-state index contributed by atoms with van der Waals surface area (Å²) in [7, 11) is 0. The zero-order valence-corrected chi connectivity index (χ0v) is 9.03. The molecule has 0 aliphatic rings. The van der Waals surface area contributed by atoms with Crippen LogP contribution < -0.4 is 5.32 Å². The zero-order chi connectivity index (χ0) is 10.9. The number of hydrogen-bond donors (Lipinski definition) is 2. The van der Waals surface area contributed by atoms with Crippen molar-refractivity contribution in [3.05, 3.63) is 35.9 Å². The van der Waals surface area contributed by atoms with Gasteiger partial charge in [-0.2, -0.15) is 0 Å². The predicted octanol–water partition coefficient (Wildman–Crippen LogP) is 1.40. The van der Waals surface area contributed by atoms with Crippen LogP contribution in [0.2, 0.25) is 0 Å². The summed E-state index contributed by atoms with van der Waals surface area (Å²) in [5.74, 6) is 6.08. The normalized spacial score (nSPS) is 11.6. The van der Waals surface area contributed by atoms with Gasteiger partial charge in [-0.05, 0) is 18.6 Å². The molecule has 0 saturated heterocycles. The molecule has 2 nitrogen and oxygen atoms in total. The maximum Gasteiger partial charge on any atom is 0.0584 e. The van der Waals surface area contributed by atoms with Crippen molar-refractivity contribution in [2.24, 2.45) is 0 Å². The van der Waals surface area contributed by atoms with Crippen LogP contribution in [0.1, 0.15) is 18.9 Å². The summed E-state index contributed by atoms with van der Waals surface area (Å²) in [6.45, 7) is 2.83. The molecule has 0 aliphatic heterocycles. The van der Waals surface area contributed by atoms with Crippen LogP contribution >= 0.6 is 0 Å². The fraction of sp³-hybridized carbons (Fsp3) is 0.385. The Kier molecular flexibility index (Phi) is 5.54. The lowest BCUT2D eigenvalue weighted by Gasteiger charge is -2.10. The van der Waals surface area contributed by atoms with Gasteiger partial charge >= 0.3 is 0 Å². The van der Waals surface area contributed by atoms with Gasteiger partial charge in [0.05, 0.1) is 13.2 Å². The first kappa shape index (κ1) is 11.8. The van der Waals surface area contributed by atoms with E-state index < -0.39 is 0 Å². The Hall–Kier alpha value is -1.30. The summed E-state index contributed by atoms with van der Waals surface area (Å²) in [4.78, 5) is 0. The molecule has 0 heterocycles. The van der Waals surface area contributed by atoms with Crippen molar-refractivity contribution in [1.29, 1.82) is 0 Å². The zero-order valence-electron chi connectivity index (χ0n) is 9.03. The maximum atomic E-state index is 8.93. The Balaban J connectivity index is 2.34. The largest absolute Gasteiger partial charge is 0.395 e.